The van der Waals surface area contributed by atoms with Crippen LogP contribution in [0.5, 0.6) is 0 Å². The molecule has 0 bridgehead atoms. The molecule has 9 heteroatoms. The van der Waals surface area contributed by atoms with Crippen molar-refractivity contribution in [3.8, 4) is 0 Å². The number of hydrogen-bond acceptors (Lipinski definition) is 6. The maximum Gasteiger partial charge on any atom is 0.268 e. The van der Waals surface area contributed by atoms with Gasteiger partial charge in [0.25, 0.3) is 7.82 Å². The zero-order valence-electron chi connectivity index (χ0n) is 22.6. The molecule has 0 spiro atoms. The monoisotopic (exact) mass is 508 g/mol. The van der Waals surface area contributed by atoms with E-state index in [1.54, 1.807) is 0 Å². The molecule has 34 heavy (non-hydrogen) atoms. The molecule has 8 nitrogen and oxygen atoms in total. The number of amides is 1. The van der Waals surface area contributed by atoms with E-state index in [0.29, 0.717) is 23.9 Å². The Morgan fingerprint density at radius 1 is 0.912 bits per heavy atom. The third-order valence-electron chi connectivity index (χ3n) is 5.85. The van der Waals surface area contributed by atoms with Gasteiger partial charge in [0.2, 0.25) is 5.91 Å². The number of aliphatic hydroxyl groups excluding tert-OH is 1. The number of quaternary nitrogens is 1. The zero-order valence-corrected chi connectivity index (χ0v) is 23.5. The van der Waals surface area contributed by atoms with Gasteiger partial charge >= 0.3 is 0 Å². The molecule has 0 heterocycles. The quantitative estimate of drug-likeness (QED) is 0.119. The fourth-order valence-electron chi connectivity index (χ4n) is 3.56. The molecule has 0 aliphatic heterocycles. The van der Waals surface area contributed by atoms with Crippen LogP contribution in [0.4, 0.5) is 0 Å². The Bertz CT molecular complexity index is 556. The molecule has 0 fully saturated rings. The fourth-order valence-corrected chi connectivity index (χ4v) is 4.29. The predicted molar refractivity (Wildman–Crippen MR) is 136 cm³/mol. The molecule has 0 aliphatic carbocycles. The zero-order chi connectivity index (χ0) is 25.9. The normalized spacial score (nSPS) is 15.6. The van der Waals surface area contributed by atoms with Crippen LogP contribution in [0.3, 0.4) is 0 Å². The lowest BCUT2D eigenvalue weighted by Crippen LogP contribution is -2.46. The van der Waals surface area contributed by atoms with E-state index in [1.165, 1.54) is 25.7 Å². The van der Waals surface area contributed by atoms with Crippen molar-refractivity contribution >= 4 is 13.7 Å². The number of carbonyl (C=O) groups excluding carboxylic acids is 1. The molecule has 0 rings (SSSR count). The molecular weight excluding hydrogens is 455 g/mol. The van der Waals surface area contributed by atoms with E-state index in [0.717, 1.165) is 51.4 Å². The highest BCUT2D eigenvalue weighted by atomic mass is 31.2. The van der Waals surface area contributed by atoms with Crippen molar-refractivity contribution in [3.63, 3.8) is 0 Å². The largest absolute Gasteiger partial charge is 0.756 e. The lowest BCUT2D eigenvalue weighted by Gasteiger charge is -2.30. The van der Waals surface area contributed by atoms with Crippen LogP contribution in [0.15, 0.2) is 0 Å². The van der Waals surface area contributed by atoms with Crippen LogP contribution in [0.25, 0.3) is 0 Å². The second-order valence-electron chi connectivity index (χ2n) is 10.4. The second-order valence-corrected chi connectivity index (χ2v) is 11.8. The highest BCUT2D eigenvalue weighted by Crippen LogP contribution is 2.38. The molecule has 0 aromatic carbocycles. The number of rotatable bonds is 23. The van der Waals surface area contributed by atoms with Gasteiger partial charge < -0.3 is 28.8 Å². The van der Waals surface area contributed by atoms with Crippen LogP contribution < -0.4 is 10.2 Å². The Morgan fingerprint density at radius 2 is 1.44 bits per heavy atom. The number of nitrogens with zero attached hydrogens (tertiary/aromatic N) is 1. The molecule has 0 saturated carbocycles. The standard InChI is InChI=1S/C25H53N2O6P/c1-6-8-10-12-13-15-16-18-24(28)23(26-25(29)19-17-14-11-9-7-2)22-33-34(30,31)32-21-20-27(3,4)5/h23-24,28H,6-22H2,1-5H3,(H-,26,29,30,31). The highest BCUT2D eigenvalue weighted by molar-refractivity contribution is 7.45. The highest BCUT2D eigenvalue weighted by Gasteiger charge is 2.24. The van der Waals surface area contributed by atoms with E-state index in [9.17, 15) is 19.4 Å². The van der Waals surface area contributed by atoms with Crippen LogP contribution in [0.1, 0.15) is 104 Å². The van der Waals surface area contributed by atoms with Gasteiger partial charge in [-0.15, -0.1) is 0 Å². The first-order valence-electron chi connectivity index (χ1n) is 13.4. The summed E-state index contributed by atoms with van der Waals surface area (Å²) in [6.45, 7) is 4.52. The van der Waals surface area contributed by atoms with E-state index in [-0.39, 0.29) is 19.1 Å². The summed E-state index contributed by atoms with van der Waals surface area (Å²) in [5, 5.41) is 13.5. The topological polar surface area (TPSA) is 108 Å². The molecule has 3 atom stereocenters. The summed E-state index contributed by atoms with van der Waals surface area (Å²) in [5.41, 5.74) is 0. The van der Waals surface area contributed by atoms with Crippen LogP contribution in [0.2, 0.25) is 0 Å². The third-order valence-corrected chi connectivity index (χ3v) is 6.81. The molecule has 1 amide bonds. The maximum atomic E-state index is 12.4. The summed E-state index contributed by atoms with van der Waals surface area (Å²) in [5.74, 6) is -0.185. The summed E-state index contributed by atoms with van der Waals surface area (Å²) in [4.78, 5) is 24.6. The minimum atomic E-state index is -4.52. The second kappa shape index (κ2) is 19.7. The first-order chi connectivity index (χ1) is 16.0. The van der Waals surface area contributed by atoms with Gasteiger partial charge in [0.1, 0.15) is 13.2 Å². The third kappa shape index (κ3) is 20.8. The average molecular weight is 509 g/mol. The number of nitrogens with one attached hydrogen (secondary N) is 1. The molecule has 2 N–H and O–H groups in total. The van der Waals surface area contributed by atoms with Gasteiger partial charge in [0, 0.05) is 6.42 Å². The molecular formula is C25H53N2O6P. The average Bonchev–Trinajstić information content (AvgIpc) is 2.74. The minimum Gasteiger partial charge on any atom is -0.756 e. The van der Waals surface area contributed by atoms with Crippen molar-refractivity contribution in [2.24, 2.45) is 0 Å². The van der Waals surface area contributed by atoms with E-state index in [1.807, 2.05) is 21.1 Å². The van der Waals surface area contributed by atoms with Crippen molar-refractivity contribution in [2.75, 3.05) is 40.9 Å². The molecule has 0 aromatic rings. The number of aliphatic hydroxyl groups is 1. The molecule has 0 radical (unpaired) electrons. The lowest BCUT2D eigenvalue weighted by atomic mass is 10.0. The van der Waals surface area contributed by atoms with Crippen LogP contribution >= 0.6 is 7.82 Å². The van der Waals surface area contributed by atoms with Gasteiger partial charge in [0.15, 0.2) is 0 Å². The van der Waals surface area contributed by atoms with E-state index < -0.39 is 20.0 Å². The van der Waals surface area contributed by atoms with Gasteiger partial charge in [-0.2, -0.15) is 0 Å². The van der Waals surface area contributed by atoms with Gasteiger partial charge in [-0.1, -0.05) is 84.5 Å². The fraction of sp³-hybridized carbons (Fsp3) is 0.960. The molecule has 0 aromatic heterocycles. The molecule has 204 valence electrons. The molecule has 3 unspecified atom stereocenters. The lowest BCUT2D eigenvalue weighted by molar-refractivity contribution is -0.870. The van der Waals surface area contributed by atoms with Crippen LogP contribution in [-0.2, 0) is 18.4 Å². The Morgan fingerprint density at radius 3 is 2.00 bits per heavy atom. The maximum absolute atomic E-state index is 12.4. The number of likely N-dealkylation sites (N-methyl/N-ethyl adjacent to an activating group) is 1. The van der Waals surface area contributed by atoms with E-state index in [4.69, 9.17) is 9.05 Å². The smallest absolute Gasteiger partial charge is 0.268 e. The van der Waals surface area contributed by atoms with Crippen molar-refractivity contribution in [3.05, 3.63) is 0 Å². The first-order valence-corrected chi connectivity index (χ1v) is 14.8. The van der Waals surface area contributed by atoms with Crippen molar-refractivity contribution in [2.45, 2.75) is 116 Å². The summed E-state index contributed by atoms with van der Waals surface area (Å²) < 4.78 is 22.7. The Hall–Kier alpha value is -0.500. The number of phosphoric acid groups is 1. The predicted octanol–water partition coefficient (Wildman–Crippen LogP) is 4.54. The van der Waals surface area contributed by atoms with E-state index >= 15 is 0 Å². The summed E-state index contributed by atoms with van der Waals surface area (Å²) in [6.07, 6.45) is 13.0. The number of hydrogen-bond donors (Lipinski definition) is 2. The van der Waals surface area contributed by atoms with Gasteiger partial charge in [-0.3, -0.25) is 9.36 Å². The minimum absolute atomic E-state index is 0.0135. The molecule has 0 aliphatic rings. The Kier molecular flexibility index (Phi) is 19.4. The SMILES string of the molecule is CCCCCCCCCC(O)C(COP(=O)([O-])OCC[N+](C)(C)C)NC(=O)CCCCCCC. The first kappa shape index (κ1) is 33.5. The van der Waals surface area contributed by atoms with Crippen molar-refractivity contribution < 1.29 is 32.9 Å². The summed E-state index contributed by atoms with van der Waals surface area (Å²) in [6, 6.07) is -0.785. The van der Waals surface area contributed by atoms with Crippen molar-refractivity contribution in [1.82, 2.24) is 5.32 Å². The van der Waals surface area contributed by atoms with E-state index in [2.05, 4.69) is 19.2 Å². The summed E-state index contributed by atoms with van der Waals surface area (Å²) in [7, 11) is 1.30. The Balaban J connectivity index is 4.66. The van der Waals surface area contributed by atoms with Crippen LogP contribution in [-0.4, -0.2) is 68.5 Å². The van der Waals surface area contributed by atoms with Gasteiger partial charge in [0.05, 0.1) is 39.9 Å². The van der Waals surface area contributed by atoms with Crippen molar-refractivity contribution in [1.29, 1.82) is 0 Å². The number of phosphoric ester groups is 1. The Labute approximate surface area is 209 Å². The number of unbranched alkanes of at least 4 members (excludes halogenated alkanes) is 10. The van der Waals surface area contributed by atoms with Gasteiger partial charge in [-0.05, 0) is 12.8 Å². The molecule has 0 saturated heterocycles. The summed E-state index contributed by atoms with van der Waals surface area (Å²) >= 11 is 0. The van der Waals surface area contributed by atoms with Crippen LogP contribution in [0, 0.1) is 0 Å². The number of carbonyl (C=O) groups is 1. The van der Waals surface area contributed by atoms with Gasteiger partial charge in [-0.25, -0.2) is 0 Å².